The van der Waals surface area contributed by atoms with Gasteiger partial charge in [0.05, 0.1) is 11.4 Å². The van der Waals surface area contributed by atoms with Gasteiger partial charge in [0.25, 0.3) is 0 Å². The van der Waals surface area contributed by atoms with Crippen LogP contribution in [0.25, 0.3) is 16.9 Å². The fourth-order valence-electron chi connectivity index (χ4n) is 2.54. The van der Waals surface area contributed by atoms with Crippen LogP contribution in [0.4, 0.5) is 0 Å². The molecule has 0 radical (unpaired) electrons. The maximum absolute atomic E-state index is 5.98. The molecule has 2 heterocycles. The van der Waals surface area contributed by atoms with Gasteiger partial charge < -0.3 is 10.1 Å². The van der Waals surface area contributed by atoms with E-state index >= 15 is 0 Å². The van der Waals surface area contributed by atoms with E-state index in [1.807, 2.05) is 24.3 Å². The molecule has 0 unspecified atom stereocenters. The molecule has 3 rings (SSSR count). The molecule has 0 aliphatic carbocycles. The largest absolute Gasteiger partial charge is 0.330 e. The van der Waals surface area contributed by atoms with Crippen molar-refractivity contribution < 1.29 is 0 Å². The van der Waals surface area contributed by atoms with E-state index in [0.717, 1.165) is 34.8 Å². The molecule has 21 heavy (non-hydrogen) atoms. The van der Waals surface area contributed by atoms with E-state index in [1.54, 1.807) is 0 Å². The summed E-state index contributed by atoms with van der Waals surface area (Å²) in [4.78, 5) is 4.81. The predicted octanol–water partition coefficient (Wildman–Crippen LogP) is 3.85. The number of hydrogen-bond donors (Lipinski definition) is 1. The van der Waals surface area contributed by atoms with Gasteiger partial charge in [0, 0.05) is 16.8 Å². The number of rotatable bonds is 4. The Morgan fingerprint density at radius 3 is 2.67 bits per heavy atom. The van der Waals surface area contributed by atoms with E-state index in [4.69, 9.17) is 22.3 Å². The van der Waals surface area contributed by atoms with Crippen molar-refractivity contribution >= 4 is 17.2 Å². The first-order valence-electron chi connectivity index (χ1n) is 7.12. The van der Waals surface area contributed by atoms with E-state index < -0.39 is 0 Å². The second-order valence-corrected chi connectivity index (χ2v) is 5.67. The first-order valence-corrected chi connectivity index (χ1v) is 7.50. The molecule has 0 bridgehead atoms. The Morgan fingerprint density at radius 1 is 1.19 bits per heavy atom. The van der Waals surface area contributed by atoms with Crippen molar-refractivity contribution in [2.75, 3.05) is 6.54 Å². The number of imidazole rings is 1. The summed E-state index contributed by atoms with van der Waals surface area (Å²) in [7, 11) is 0. The molecule has 4 heteroatoms. The minimum Gasteiger partial charge on any atom is -0.330 e. The first kappa shape index (κ1) is 14.1. The maximum atomic E-state index is 5.98. The van der Waals surface area contributed by atoms with Gasteiger partial charge in [-0.1, -0.05) is 23.7 Å². The van der Waals surface area contributed by atoms with E-state index in [9.17, 15) is 0 Å². The van der Waals surface area contributed by atoms with Gasteiger partial charge in [-0.05, 0) is 56.1 Å². The van der Waals surface area contributed by atoms with Crippen molar-refractivity contribution in [1.29, 1.82) is 0 Å². The van der Waals surface area contributed by atoms with Gasteiger partial charge in [-0.15, -0.1) is 0 Å². The van der Waals surface area contributed by atoms with E-state index in [-0.39, 0.29) is 0 Å². The number of aryl methyl sites for hydroxylation is 2. The molecule has 0 atom stereocenters. The molecule has 0 saturated carbocycles. The topological polar surface area (TPSA) is 43.3 Å². The van der Waals surface area contributed by atoms with E-state index in [2.05, 4.69) is 29.7 Å². The lowest BCUT2D eigenvalue weighted by Crippen LogP contribution is -2.03. The van der Waals surface area contributed by atoms with Gasteiger partial charge in [0.1, 0.15) is 5.65 Å². The maximum Gasteiger partial charge on any atom is 0.137 e. The van der Waals surface area contributed by atoms with Crippen LogP contribution < -0.4 is 5.73 Å². The number of nitrogens with two attached hydrogens (primary N) is 1. The zero-order chi connectivity index (χ0) is 14.8. The second-order valence-electron chi connectivity index (χ2n) is 5.24. The number of aromatic nitrogens is 2. The summed E-state index contributed by atoms with van der Waals surface area (Å²) in [6, 6.07) is 12.0. The van der Waals surface area contributed by atoms with Crippen molar-refractivity contribution in [3.63, 3.8) is 0 Å². The molecular formula is C17H18ClN3. The summed E-state index contributed by atoms with van der Waals surface area (Å²) >= 11 is 5.98. The Labute approximate surface area is 129 Å². The molecule has 1 aromatic carbocycles. The van der Waals surface area contributed by atoms with Crippen LogP contribution in [0.15, 0.2) is 42.6 Å². The summed E-state index contributed by atoms with van der Waals surface area (Å²) in [6.07, 6.45) is 3.95. The van der Waals surface area contributed by atoms with Crippen LogP contribution in [-0.2, 0) is 6.42 Å². The van der Waals surface area contributed by atoms with Crippen LogP contribution >= 0.6 is 11.6 Å². The Bertz CT molecular complexity index is 760. The van der Waals surface area contributed by atoms with Crippen LogP contribution in [0, 0.1) is 6.92 Å². The molecule has 0 aliphatic rings. The third kappa shape index (κ3) is 2.80. The Hall–Kier alpha value is -1.84. The predicted molar refractivity (Wildman–Crippen MR) is 87.8 cm³/mol. The fourth-order valence-corrected chi connectivity index (χ4v) is 2.67. The highest BCUT2D eigenvalue weighted by molar-refractivity contribution is 6.30. The molecule has 2 aromatic heterocycles. The highest BCUT2D eigenvalue weighted by Crippen LogP contribution is 2.27. The molecule has 108 valence electrons. The van der Waals surface area contributed by atoms with Gasteiger partial charge in [-0.25, -0.2) is 4.98 Å². The lowest BCUT2D eigenvalue weighted by molar-refractivity contribution is 0.804. The summed E-state index contributed by atoms with van der Waals surface area (Å²) in [5.41, 5.74) is 11.2. The fraction of sp³-hybridized carbons (Fsp3) is 0.235. The normalized spacial score (nSPS) is 11.2. The molecule has 0 aliphatic heterocycles. The minimum atomic E-state index is 0.680. The summed E-state index contributed by atoms with van der Waals surface area (Å²) in [5.74, 6) is 0. The standard InChI is InChI=1S/C17H18ClN3/c1-12-8-10-21-15(3-2-9-19)17(20-16(21)11-12)13-4-6-14(18)7-5-13/h4-8,10-11H,2-3,9,19H2,1H3. The molecule has 2 N–H and O–H groups in total. The van der Waals surface area contributed by atoms with Gasteiger partial charge in [-0.2, -0.15) is 0 Å². The average molecular weight is 300 g/mol. The van der Waals surface area contributed by atoms with Gasteiger partial charge in [0.15, 0.2) is 0 Å². The number of hydrogen-bond acceptors (Lipinski definition) is 2. The average Bonchev–Trinajstić information content (AvgIpc) is 2.83. The molecule has 0 amide bonds. The van der Waals surface area contributed by atoms with Crippen LogP contribution in [0.3, 0.4) is 0 Å². The monoisotopic (exact) mass is 299 g/mol. The van der Waals surface area contributed by atoms with Crippen LogP contribution in [0.5, 0.6) is 0 Å². The Morgan fingerprint density at radius 2 is 1.95 bits per heavy atom. The third-order valence-electron chi connectivity index (χ3n) is 3.62. The molecular weight excluding hydrogens is 282 g/mol. The molecule has 3 aromatic rings. The Kier molecular flexibility index (Phi) is 3.95. The van der Waals surface area contributed by atoms with Crippen LogP contribution in [-0.4, -0.2) is 15.9 Å². The number of benzene rings is 1. The molecule has 0 spiro atoms. The number of fused-ring (bicyclic) bond motifs is 1. The van der Waals surface area contributed by atoms with Gasteiger partial charge >= 0.3 is 0 Å². The smallest absolute Gasteiger partial charge is 0.137 e. The number of nitrogens with zero attached hydrogens (tertiary/aromatic N) is 2. The zero-order valence-corrected chi connectivity index (χ0v) is 12.8. The molecule has 0 fully saturated rings. The van der Waals surface area contributed by atoms with Crippen molar-refractivity contribution in [2.24, 2.45) is 5.73 Å². The Balaban J connectivity index is 2.17. The van der Waals surface area contributed by atoms with E-state index in [0.29, 0.717) is 6.54 Å². The SMILES string of the molecule is Cc1ccn2c(CCCN)c(-c3ccc(Cl)cc3)nc2c1. The third-order valence-corrected chi connectivity index (χ3v) is 3.87. The lowest BCUT2D eigenvalue weighted by atomic mass is 10.1. The number of pyridine rings is 1. The van der Waals surface area contributed by atoms with Crippen molar-refractivity contribution in [3.05, 3.63) is 58.9 Å². The molecule has 3 nitrogen and oxygen atoms in total. The summed E-state index contributed by atoms with van der Waals surface area (Å²) in [5, 5.41) is 0.738. The number of halogens is 1. The van der Waals surface area contributed by atoms with Gasteiger partial charge in [0.2, 0.25) is 0 Å². The summed E-state index contributed by atoms with van der Waals surface area (Å²) in [6.45, 7) is 2.76. The van der Waals surface area contributed by atoms with Crippen LogP contribution in [0.1, 0.15) is 17.7 Å². The highest BCUT2D eigenvalue weighted by atomic mass is 35.5. The van der Waals surface area contributed by atoms with Crippen molar-refractivity contribution in [1.82, 2.24) is 9.38 Å². The van der Waals surface area contributed by atoms with Crippen molar-refractivity contribution in [3.8, 4) is 11.3 Å². The quantitative estimate of drug-likeness (QED) is 0.795. The minimum absolute atomic E-state index is 0.680. The van der Waals surface area contributed by atoms with Crippen LogP contribution in [0.2, 0.25) is 5.02 Å². The first-order chi connectivity index (χ1) is 10.2. The highest BCUT2D eigenvalue weighted by Gasteiger charge is 2.13. The lowest BCUT2D eigenvalue weighted by Gasteiger charge is -2.05. The second kappa shape index (κ2) is 5.88. The zero-order valence-electron chi connectivity index (χ0n) is 12.0. The van der Waals surface area contributed by atoms with Gasteiger partial charge in [-0.3, -0.25) is 0 Å². The van der Waals surface area contributed by atoms with E-state index in [1.165, 1.54) is 11.3 Å². The molecule has 0 saturated heterocycles. The van der Waals surface area contributed by atoms with Crippen molar-refractivity contribution in [2.45, 2.75) is 19.8 Å². The summed E-state index contributed by atoms with van der Waals surface area (Å²) < 4.78 is 2.16.